The minimum absolute atomic E-state index is 0.251. The van der Waals surface area contributed by atoms with Crippen molar-refractivity contribution >= 4 is 5.97 Å². The molecule has 0 aromatic heterocycles. The Morgan fingerprint density at radius 3 is 2.94 bits per heavy atom. The number of rotatable bonds is 2. The highest BCUT2D eigenvalue weighted by atomic mass is 16.5. The van der Waals surface area contributed by atoms with E-state index < -0.39 is 18.2 Å². The topological polar surface area (TPSA) is 66.8 Å². The summed E-state index contributed by atoms with van der Waals surface area (Å²) in [6.07, 6.45) is 2.83. The predicted molar refractivity (Wildman–Crippen MR) is 57.4 cm³/mol. The molecule has 2 N–H and O–H groups in total. The van der Waals surface area contributed by atoms with Crippen molar-refractivity contribution in [1.29, 1.82) is 0 Å². The molecule has 0 fully saturated rings. The van der Waals surface area contributed by atoms with Gasteiger partial charge in [0.15, 0.2) is 0 Å². The summed E-state index contributed by atoms with van der Waals surface area (Å²) in [5, 5.41) is 19.2. The lowest BCUT2D eigenvalue weighted by molar-refractivity contribution is -0.135. The van der Waals surface area contributed by atoms with Crippen LogP contribution in [-0.2, 0) is 9.53 Å². The lowest BCUT2D eigenvalue weighted by Gasteiger charge is -2.22. The van der Waals surface area contributed by atoms with Gasteiger partial charge in [-0.1, -0.05) is 13.3 Å². The molecule has 0 saturated carbocycles. The Labute approximate surface area is 94.2 Å². The average molecular weight is 224 g/mol. The van der Waals surface area contributed by atoms with Crippen molar-refractivity contribution in [3.8, 4) is 0 Å². The first-order chi connectivity index (χ1) is 7.65. The molecule has 4 heteroatoms. The largest absolute Gasteiger partial charge is 0.423 e. The van der Waals surface area contributed by atoms with Crippen molar-refractivity contribution in [1.82, 2.24) is 0 Å². The van der Waals surface area contributed by atoms with E-state index in [9.17, 15) is 15.0 Å². The van der Waals surface area contributed by atoms with E-state index in [1.165, 1.54) is 0 Å². The second-order valence-electron chi connectivity index (χ2n) is 4.19. The Bertz CT molecular complexity index is 367. The van der Waals surface area contributed by atoms with Gasteiger partial charge in [0.25, 0.3) is 0 Å². The van der Waals surface area contributed by atoms with E-state index in [0.717, 1.165) is 18.4 Å². The number of carbonyl (C=O) groups excluding carboxylic acids is 1. The molecule has 2 aliphatic rings. The number of esters is 1. The van der Waals surface area contributed by atoms with Gasteiger partial charge in [-0.2, -0.15) is 0 Å². The molecule has 16 heavy (non-hydrogen) atoms. The predicted octanol–water partition coefficient (Wildman–Crippen LogP) is 1.04. The van der Waals surface area contributed by atoms with Crippen molar-refractivity contribution in [2.75, 3.05) is 0 Å². The van der Waals surface area contributed by atoms with Crippen molar-refractivity contribution in [3.63, 3.8) is 0 Å². The van der Waals surface area contributed by atoms with Gasteiger partial charge in [-0.25, -0.2) is 4.79 Å². The first-order valence-electron chi connectivity index (χ1n) is 5.67. The zero-order valence-electron chi connectivity index (χ0n) is 9.27. The number of cyclic esters (lactones) is 1. The van der Waals surface area contributed by atoms with E-state index in [-0.39, 0.29) is 5.57 Å². The number of allylic oxidation sites excluding steroid dienone is 2. The highest BCUT2D eigenvalue weighted by molar-refractivity contribution is 5.96. The van der Waals surface area contributed by atoms with Crippen molar-refractivity contribution in [2.45, 2.75) is 44.8 Å². The monoisotopic (exact) mass is 224 g/mol. The van der Waals surface area contributed by atoms with Gasteiger partial charge in [0, 0.05) is 5.57 Å². The zero-order valence-corrected chi connectivity index (χ0v) is 9.27. The Morgan fingerprint density at radius 2 is 2.25 bits per heavy atom. The fourth-order valence-electron chi connectivity index (χ4n) is 2.11. The number of hydrogen-bond donors (Lipinski definition) is 2. The van der Waals surface area contributed by atoms with Crippen LogP contribution in [-0.4, -0.2) is 28.4 Å². The molecule has 0 aromatic carbocycles. The second kappa shape index (κ2) is 4.39. The third-order valence-electron chi connectivity index (χ3n) is 3.01. The Morgan fingerprint density at radius 1 is 1.50 bits per heavy atom. The molecule has 0 spiro atoms. The van der Waals surface area contributed by atoms with Crippen LogP contribution in [0.15, 0.2) is 23.0 Å². The van der Waals surface area contributed by atoms with Gasteiger partial charge in [-0.15, -0.1) is 0 Å². The summed E-state index contributed by atoms with van der Waals surface area (Å²) in [4.78, 5) is 11.5. The fourth-order valence-corrected chi connectivity index (χ4v) is 2.11. The minimum Gasteiger partial charge on any atom is -0.423 e. The molecule has 0 amide bonds. The highest BCUT2D eigenvalue weighted by Crippen LogP contribution is 2.37. The van der Waals surface area contributed by atoms with Crippen LogP contribution in [0.5, 0.6) is 0 Å². The zero-order chi connectivity index (χ0) is 11.7. The van der Waals surface area contributed by atoms with E-state index in [1.54, 1.807) is 0 Å². The van der Waals surface area contributed by atoms with Gasteiger partial charge in [-0.3, -0.25) is 0 Å². The molecule has 0 bridgehead atoms. The summed E-state index contributed by atoms with van der Waals surface area (Å²) in [6.45, 7) is 2.04. The van der Waals surface area contributed by atoms with Crippen LogP contribution in [0.4, 0.5) is 0 Å². The molecular weight excluding hydrogens is 208 g/mol. The van der Waals surface area contributed by atoms with Gasteiger partial charge >= 0.3 is 5.97 Å². The Hall–Kier alpha value is -1.13. The number of hydrogen-bond acceptors (Lipinski definition) is 4. The molecule has 2 rings (SSSR count). The SMILES string of the molecule is CCC/C=C1\OC(=O)C2=C1CC[C@H](O)C2O. The molecule has 1 aliphatic heterocycles. The standard InChI is InChI=1S/C12H16O4/c1-2-3-4-9-7-5-6-8(13)11(14)10(7)12(15)16-9/h4,8,11,13-14H,2-3,5-6H2,1H3/b9-4-/t8-,11?/m0/s1. The van der Waals surface area contributed by atoms with Crippen molar-refractivity contribution in [2.24, 2.45) is 0 Å². The van der Waals surface area contributed by atoms with E-state index in [0.29, 0.717) is 18.6 Å². The smallest absolute Gasteiger partial charge is 0.342 e. The minimum atomic E-state index is -1.09. The number of aliphatic hydroxyl groups excluding tert-OH is 2. The van der Waals surface area contributed by atoms with Crippen molar-refractivity contribution < 1.29 is 19.7 Å². The number of aliphatic hydroxyl groups is 2. The summed E-state index contributed by atoms with van der Waals surface area (Å²) in [6, 6.07) is 0. The van der Waals surface area contributed by atoms with Gasteiger partial charge in [0.1, 0.15) is 11.9 Å². The molecule has 0 radical (unpaired) electrons. The molecule has 1 heterocycles. The Balaban J connectivity index is 2.31. The van der Waals surface area contributed by atoms with Crippen LogP contribution >= 0.6 is 0 Å². The Kier molecular flexibility index (Phi) is 3.12. The molecule has 1 unspecified atom stereocenters. The number of ether oxygens (including phenoxy) is 1. The van der Waals surface area contributed by atoms with Gasteiger partial charge in [0.2, 0.25) is 0 Å². The third-order valence-corrected chi connectivity index (χ3v) is 3.01. The van der Waals surface area contributed by atoms with Gasteiger partial charge in [0.05, 0.1) is 11.7 Å². The maximum Gasteiger partial charge on any atom is 0.342 e. The maximum atomic E-state index is 11.5. The van der Waals surface area contributed by atoms with Crippen LogP contribution in [0, 0.1) is 0 Å². The van der Waals surface area contributed by atoms with Crippen LogP contribution in [0.25, 0.3) is 0 Å². The highest BCUT2D eigenvalue weighted by Gasteiger charge is 2.40. The van der Waals surface area contributed by atoms with E-state index in [1.807, 2.05) is 13.0 Å². The summed E-state index contributed by atoms with van der Waals surface area (Å²) in [5.41, 5.74) is 1.03. The average Bonchev–Trinajstić information content (AvgIpc) is 2.58. The van der Waals surface area contributed by atoms with E-state index in [2.05, 4.69) is 0 Å². The summed E-state index contributed by atoms with van der Waals surface area (Å²) >= 11 is 0. The summed E-state index contributed by atoms with van der Waals surface area (Å²) in [5.74, 6) is 0.0661. The number of unbranched alkanes of at least 4 members (excludes halogenated alkanes) is 1. The molecular formula is C12H16O4. The fraction of sp³-hybridized carbons (Fsp3) is 0.583. The van der Waals surface area contributed by atoms with Crippen LogP contribution in [0.1, 0.15) is 32.6 Å². The summed E-state index contributed by atoms with van der Waals surface area (Å²) < 4.78 is 5.11. The van der Waals surface area contributed by atoms with Crippen LogP contribution in [0.2, 0.25) is 0 Å². The quantitative estimate of drug-likeness (QED) is 0.688. The third kappa shape index (κ3) is 1.79. The van der Waals surface area contributed by atoms with Crippen LogP contribution in [0.3, 0.4) is 0 Å². The molecule has 2 atom stereocenters. The van der Waals surface area contributed by atoms with E-state index in [4.69, 9.17) is 4.74 Å². The summed E-state index contributed by atoms with van der Waals surface area (Å²) in [7, 11) is 0. The van der Waals surface area contributed by atoms with E-state index >= 15 is 0 Å². The van der Waals surface area contributed by atoms with Crippen LogP contribution < -0.4 is 0 Å². The molecule has 1 aliphatic carbocycles. The molecule has 88 valence electrons. The normalized spacial score (nSPS) is 31.9. The first kappa shape index (κ1) is 11.4. The van der Waals surface area contributed by atoms with Gasteiger partial charge in [-0.05, 0) is 25.3 Å². The number of carbonyl (C=O) groups is 1. The maximum absolute atomic E-state index is 11.5. The molecule has 0 saturated heterocycles. The van der Waals surface area contributed by atoms with Crippen molar-refractivity contribution in [3.05, 3.63) is 23.0 Å². The molecule has 4 nitrogen and oxygen atoms in total. The molecule has 0 aromatic rings. The van der Waals surface area contributed by atoms with Gasteiger partial charge < -0.3 is 14.9 Å². The lowest BCUT2D eigenvalue weighted by atomic mass is 9.87. The first-order valence-corrected chi connectivity index (χ1v) is 5.67. The second-order valence-corrected chi connectivity index (χ2v) is 4.19. The lowest BCUT2D eigenvalue weighted by Crippen LogP contribution is -2.33.